The van der Waals surface area contributed by atoms with Gasteiger partial charge in [-0.25, -0.2) is 0 Å². The third-order valence-corrected chi connectivity index (χ3v) is 4.07. The maximum atomic E-state index is 12.4. The van der Waals surface area contributed by atoms with Gasteiger partial charge in [0.25, 0.3) is 11.8 Å². The summed E-state index contributed by atoms with van der Waals surface area (Å²) < 4.78 is 10.8. The van der Waals surface area contributed by atoms with Gasteiger partial charge in [-0.2, -0.15) is 0 Å². The van der Waals surface area contributed by atoms with Crippen LogP contribution in [0.2, 0.25) is 0 Å². The minimum atomic E-state index is -0.510. The highest BCUT2D eigenvalue weighted by Gasteiger charge is 2.30. The van der Waals surface area contributed by atoms with Crippen LogP contribution in [0, 0.1) is 0 Å². The Morgan fingerprint density at radius 2 is 2.08 bits per heavy atom. The number of nitrogens with zero attached hydrogens (tertiary/aromatic N) is 1. The van der Waals surface area contributed by atoms with Crippen molar-refractivity contribution in [2.75, 3.05) is 23.9 Å². The Kier molecular flexibility index (Phi) is 4.61. The van der Waals surface area contributed by atoms with Crippen LogP contribution in [0.15, 0.2) is 42.5 Å². The minimum absolute atomic E-state index is 0.0914. The van der Waals surface area contributed by atoms with Gasteiger partial charge in [-0.1, -0.05) is 6.07 Å². The molecule has 0 saturated carbocycles. The molecule has 1 aliphatic rings. The molecule has 2 aromatic rings. The summed E-state index contributed by atoms with van der Waals surface area (Å²) in [4.78, 5) is 26.3. The van der Waals surface area contributed by atoms with Crippen LogP contribution in [-0.4, -0.2) is 31.6 Å². The van der Waals surface area contributed by atoms with Crippen LogP contribution in [0.25, 0.3) is 0 Å². The van der Waals surface area contributed by atoms with Crippen molar-refractivity contribution in [3.63, 3.8) is 0 Å². The topological polar surface area (TPSA) is 67.9 Å². The van der Waals surface area contributed by atoms with Gasteiger partial charge in [0.1, 0.15) is 11.5 Å². The Morgan fingerprint density at radius 1 is 1.28 bits per heavy atom. The molecular weight excluding hydrogens is 320 g/mol. The van der Waals surface area contributed by atoms with Crippen molar-refractivity contribution in [2.45, 2.75) is 20.0 Å². The first-order valence-corrected chi connectivity index (χ1v) is 8.11. The second-order valence-corrected chi connectivity index (χ2v) is 5.71. The van der Waals surface area contributed by atoms with E-state index in [1.165, 1.54) is 0 Å². The first-order chi connectivity index (χ1) is 12.0. The molecule has 6 nitrogen and oxygen atoms in total. The molecule has 0 aliphatic carbocycles. The molecule has 25 heavy (non-hydrogen) atoms. The molecule has 0 spiro atoms. The summed E-state index contributed by atoms with van der Waals surface area (Å²) in [7, 11) is 1.55. The Labute approximate surface area is 146 Å². The molecule has 2 amide bonds. The molecule has 6 heteroatoms. The standard InChI is InChI=1S/C19H20N2O4/c1-4-21-16-11-14(8-9-17(16)25-12(2)19(21)23)20-18(22)13-6-5-7-15(10-13)24-3/h5-12H,4H2,1-3H3,(H,20,22). The fourth-order valence-corrected chi connectivity index (χ4v) is 2.78. The predicted octanol–water partition coefficient (Wildman–Crippen LogP) is 3.08. The van der Waals surface area contributed by atoms with Gasteiger partial charge in [0.15, 0.2) is 6.10 Å². The van der Waals surface area contributed by atoms with E-state index in [4.69, 9.17) is 9.47 Å². The lowest BCUT2D eigenvalue weighted by Gasteiger charge is -2.32. The molecule has 1 N–H and O–H groups in total. The molecule has 3 rings (SSSR count). The normalized spacial score (nSPS) is 16.0. The van der Waals surface area contributed by atoms with Crippen molar-refractivity contribution in [3.05, 3.63) is 48.0 Å². The van der Waals surface area contributed by atoms with Crippen molar-refractivity contribution in [2.24, 2.45) is 0 Å². The SMILES string of the molecule is CCN1C(=O)C(C)Oc2ccc(NC(=O)c3cccc(OC)c3)cc21. The third-order valence-electron chi connectivity index (χ3n) is 4.07. The molecule has 1 heterocycles. The molecule has 0 radical (unpaired) electrons. The lowest BCUT2D eigenvalue weighted by Crippen LogP contribution is -2.44. The maximum absolute atomic E-state index is 12.4. The van der Waals surface area contributed by atoms with E-state index in [1.54, 1.807) is 61.4 Å². The van der Waals surface area contributed by atoms with Gasteiger partial charge >= 0.3 is 0 Å². The molecular formula is C19H20N2O4. The largest absolute Gasteiger partial charge is 0.497 e. The lowest BCUT2D eigenvalue weighted by atomic mass is 10.1. The van der Waals surface area contributed by atoms with E-state index in [2.05, 4.69) is 5.32 Å². The van der Waals surface area contributed by atoms with E-state index >= 15 is 0 Å². The van der Waals surface area contributed by atoms with Gasteiger partial charge in [0.2, 0.25) is 0 Å². The van der Waals surface area contributed by atoms with Gasteiger partial charge in [-0.15, -0.1) is 0 Å². The number of amides is 2. The number of nitrogens with one attached hydrogen (secondary N) is 1. The molecule has 0 bridgehead atoms. The Balaban J connectivity index is 1.86. The molecule has 1 aliphatic heterocycles. The van der Waals surface area contributed by atoms with E-state index in [9.17, 15) is 9.59 Å². The Morgan fingerprint density at radius 3 is 2.80 bits per heavy atom. The maximum Gasteiger partial charge on any atom is 0.267 e. The van der Waals surface area contributed by atoms with Crippen molar-refractivity contribution < 1.29 is 19.1 Å². The van der Waals surface area contributed by atoms with E-state index in [0.29, 0.717) is 35.0 Å². The number of fused-ring (bicyclic) bond motifs is 1. The van der Waals surface area contributed by atoms with Crippen LogP contribution < -0.4 is 19.7 Å². The van der Waals surface area contributed by atoms with Crippen LogP contribution >= 0.6 is 0 Å². The van der Waals surface area contributed by atoms with E-state index < -0.39 is 6.10 Å². The zero-order valence-electron chi connectivity index (χ0n) is 14.4. The Hall–Kier alpha value is -3.02. The summed E-state index contributed by atoms with van der Waals surface area (Å²) in [5.74, 6) is 0.904. The van der Waals surface area contributed by atoms with E-state index in [-0.39, 0.29) is 11.8 Å². The van der Waals surface area contributed by atoms with Gasteiger partial charge in [-0.05, 0) is 50.2 Å². The number of anilines is 2. The van der Waals surface area contributed by atoms with Crippen LogP contribution in [-0.2, 0) is 4.79 Å². The summed E-state index contributed by atoms with van der Waals surface area (Å²) in [5.41, 5.74) is 1.75. The highest BCUT2D eigenvalue weighted by Crippen LogP contribution is 2.36. The third kappa shape index (κ3) is 3.28. The smallest absolute Gasteiger partial charge is 0.267 e. The highest BCUT2D eigenvalue weighted by molar-refractivity contribution is 6.06. The molecule has 0 saturated heterocycles. The zero-order chi connectivity index (χ0) is 18.0. The highest BCUT2D eigenvalue weighted by atomic mass is 16.5. The number of ether oxygens (including phenoxy) is 2. The zero-order valence-corrected chi connectivity index (χ0v) is 14.4. The number of carbonyl (C=O) groups is 2. The number of likely N-dealkylation sites (N-methyl/N-ethyl adjacent to an activating group) is 1. The van der Waals surface area contributed by atoms with Gasteiger partial charge < -0.3 is 19.7 Å². The van der Waals surface area contributed by atoms with Crippen molar-refractivity contribution >= 4 is 23.2 Å². The van der Waals surface area contributed by atoms with Crippen molar-refractivity contribution in [1.29, 1.82) is 0 Å². The second-order valence-electron chi connectivity index (χ2n) is 5.71. The number of hydrogen-bond donors (Lipinski definition) is 1. The summed E-state index contributed by atoms with van der Waals surface area (Å²) in [6.45, 7) is 4.17. The summed E-state index contributed by atoms with van der Waals surface area (Å²) in [5, 5.41) is 2.84. The number of carbonyl (C=O) groups excluding carboxylic acids is 2. The molecule has 1 unspecified atom stereocenters. The van der Waals surface area contributed by atoms with Crippen LogP contribution in [0.5, 0.6) is 11.5 Å². The predicted molar refractivity (Wildman–Crippen MR) is 95.5 cm³/mol. The van der Waals surface area contributed by atoms with Crippen LogP contribution in [0.3, 0.4) is 0 Å². The van der Waals surface area contributed by atoms with Gasteiger partial charge in [0.05, 0.1) is 12.8 Å². The summed E-state index contributed by atoms with van der Waals surface area (Å²) in [6.07, 6.45) is -0.510. The summed E-state index contributed by atoms with van der Waals surface area (Å²) >= 11 is 0. The first-order valence-electron chi connectivity index (χ1n) is 8.11. The second kappa shape index (κ2) is 6.84. The monoisotopic (exact) mass is 340 g/mol. The molecule has 130 valence electrons. The van der Waals surface area contributed by atoms with Gasteiger partial charge in [-0.3, -0.25) is 9.59 Å². The minimum Gasteiger partial charge on any atom is -0.497 e. The van der Waals surface area contributed by atoms with Gasteiger partial charge in [0, 0.05) is 17.8 Å². The quantitative estimate of drug-likeness (QED) is 0.929. The molecule has 2 aromatic carbocycles. The van der Waals surface area contributed by atoms with E-state index in [0.717, 1.165) is 0 Å². The molecule has 1 atom stereocenters. The average molecular weight is 340 g/mol. The number of rotatable bonds is 4. The number of methoxy groups -OCH3 is 1. The van der Waals surface area contributed by atoms with Crippen molar-refractivity contribution in [3.8, 4) is 11.5 Å². The number of hydrogen-bond acceptors (Lipinski definition) is 4. The van der Waals surface area contributed by atoms with Crippen LogP contribution in [0.1, 0.15) is 24.2 Å². The van der Waals surface area contributed by atoms with E-state index in [1.807, 2.05) is 6.92 Å². The Bertz CT molecular complexity index is 819. The van der Waals surface area contributed by atoms with Crippen molar-refractivity contribution in [1.82, 2.24) is 0 Å². The fraction of sp³-hybridized carbons (Fsp3) is 0.263. The summed E-state index contributed by atoms with van der Waals surface area (Å²) in [6, 6.07) is 12.2. The molecule has 0 fully saturated rings. The average Bonchev–Trinajstić information content (AvgIpc) is 2.63. The molecule has 0 aromatic heterocycles. The number of benzene rings is 2. The lowest BCUT2D eigenvalue weighted by molar-refractivity contribution is -0.125. The fourth-order valence-electron chi connectivity index (χ4n) is 2.78. The first kappa shape index (κ1) is 16.8. The van der Waals surface area contributed by atoms with Crippen LogP contribution in [0.4, 0.5) is 11.4 Å².